The van der Waals surface area contributed by atoms with Crippen molar-refractivity contribution in [1.82, 2.24) is 9.61 Å². The quantitative estimate of drug-likeness (QED) is 0.750. The molecule has 0 N–H and O–H groups in total. The fraction of sp³-hybridized carbons (Fsp3) is 0.308. The Morgan fingerprint density at radius 1 is 1.56 bits per heavy atom. The van der Waals surface area contributed by atoms with Gasteiger partial charge >= 0.3 is 5.97 Å². The Labute approximate surface area is 104 Å². The van der Waals surface area contributed by atoms with Crippen molar-refractivity contribution in [3.8, 4) is 6.07 Å². The van der Waals surface area contributed by atoms with E-state index < -0.39 is 5.97 Å². The zero-order valence-corrected chi connectivity index (χ0v) is 9.88. The molecule has 2 heterocycles. The molecular formula is C13H11N3O2. The van der Waals surface area contributed by atoms with E-state index in [-0.39, 0.29) is 11.1 Å². The van der Waals surface area contributed by atoms with Gasteiger partial charge in [0.2, 0.25) is 0 Å². The van der Waals surface area contributed by atoms with Crippen LogP contribution in [0.2, 0.25) is 0 Å². The molecule has 1 saturated carbocycles. The summed E-state index contributed by atoms with van der Waals surface area (Å²) in [6.07, 6.45) is 3.60. The first-order valence-electron chi connectivity index (χ1n) is 5.68. The maximum Gasteiger partial charge on any atom is 0.358 e. The molecule has 0 saturated heterocycles. The molecule has 0 radical (unpaired) electrons. The van der Waals surface area contributed by atoms with Gasteiger partial charge in [0.25, 0.3) is 0 Å². The Bertz CT molecular complexity index is 677. The second-order valence-corrected chi connectivity index (χ2v) is 4.50. The lowest BCUT2D eigenvalue weighted by molar-refractivity contribution is 0.0593. The smallest absolute Gasteiger partial charge is 0.358 e. The molecule has 0 bridgehead atoms. The summed E-state index contributed by atoms with van der Waals surface area (Å²) in [4.78, 5) is 11.4. The molecule has 0 spiro atoms. The monoisotopic (exact) mass is 241 g/mol. The van der Waals surface area contributed by atoms with E-state index in [0.717, 1.165) is 23.9 Å². The molecule has 0 amide bonds. The molecule has 0 unspecified atom stereocenters. The van der Waals surface area contributed by atoms with E-state index in [0.29, 0.717) is 0 Å². The Morgan fingerprint density at radius 2 is 2.33 bits per heavy atom. The van der Waals surface area contributed by atoms with Gasteiger partial charge < -0.3 is 4.74 Å². The van der Waals surface area contributed by atoms with Crippen LogP contribution in [0.3, 0.4) is 0 Å². The zero-order valence-electron chi connectivity index (χ0n) is 9.88. The van der Waals surface area contributed by atoms with Crippen LogP contribution >= 0.6 is 0 Å². The van der Waals surface area contributed by atoms with Crippen LogP contribution in [0.25, 0.3) is 5.52 Å². The average Bonchev–Trinajstić information content (AvgIpc) is 3.09. The number of nitriles is 1. The van der Waals surface area contributed by atoms with Gasteiger partial charge in [0, 0.05) is 6.20 Å². The molecule has 1 fully saturated rings. The lowest BCUT2D eigenvalue weighted by Crippen LogP contribution is -2.05. The van der Waals surface area contributed by atoms with Gasteiger partial charge in [0.1, 0.15) is 0 Å². The van der Waals surface area contributed by atoms with Crippen LogP contribution in [0.5, 0.6) is 0 Å². The van der Waals surface area contributed by atoms with E-state index >= 15 is 0 Å². The van der Waals surface area contributed by atoms with Gasteiger partial charge in [-0.05, 0) is 30.5 Å². The predicted molar refractivity (Wildman–Crippen MR) is 63.1 cm³/mol. The van der Waals surface area contributed by atoms with E-state index in [9.17, 15) is 4.79 Å². The second-order valence-electron chi connectivity index (χ2n) is 4.50. The van der Waals surface area contributed by atoms with Crippen LogP contribution in [0.4, 0.5) is 0 Å². The Balaban J connectivity index is 2.08. The SMILES string of the molecule is COC(=O)c1cc2ccc(C3(C#N)CC3)cn2n1. The summed E-state index contributed by atoms with van der Waals surface area (Å²) in [5.41, 5.74) is 1.70. The van der Waals surface area contributed by atoms with Gasteiger partial charge in [-0.3, -0.25) is 0 Å². The molecule has 1 aliphatic rings. The van der Waals surface area contributed by atoms with Crippen molar-refractivity contribution in [2.45, 2.75) is 18.3 Å². The minimum Gasteiger partial charge on any atom is -0.464 e. The van der Waals surface area contributed by atoms with E-state index in [1.54, 1.807) is 10.6 Å². The first kappa shape index (κ1) is 10.8. The normalized spacial score (nSPS) is 16.2. The summed E-state index contributed by atoms with van der Waals surface area (Å²) in [5, 5.41) is 13.3. The van der Waals surface area contributed by atoms with Gasteiger partial charge in [-0.2, -0.15) is 10.4 Å². The highest BCUT2D eigenvalue weighted by atomic mass is 16.5. The van der Waals surface area contributed by atoms with Gasteiger partial charge in [-0.25, -0.2) is 9.31 Å². The van der Waals surface area contributed by atoms with Crippen LogP contribution in [-0.2, 0) is 10.2 Å². The topological polar surface area (TPSA) is 67.4 Å². The molecule has 0 aromatic carbocycles. The number of esters is 1. The molecule has 0 atom stereocenters. The van der Waals surface area contributed by atoms with Crippen LogP contribution in [0.1, 0.15) is 28.9 Å². The van der Waals surface area contributed by atoms with Crippen molar-refractivity contribution < 1.29 is 9.53 Å². The van der Waals surface area contributed by atoms with Crippen molar-refractivity contribution in [2.24, 2.45) is 0 Å². The van der Waals surface area contributed by atoms with Crippen molar-refractivity contribution >= 4 is 11.5 Å². The minimum absolute atomic E-state index is 0.274. The van der Waals surface area contributed by atoms with Gasteiger partial charge in [0.15, 0.2) is 5.69 Å². The third kappa shape index (κ3) is 1.46. The maximum atomic E-state index is 11.4. The van der Waals surface area contributed by atoms with Crippen LogP contribution < -0.4 is 0 Å². The molecule has 3 rings (SSSR count). The number of nitrogens with zero attached hydrogens (tertiary/aromatic N) is 3. The van der Waals surface area contributed by atoms with Gasteiger partial charge in [-0.1, -0.05) is 6.07 Å². The molecule has 0 aliphatic heterocycles. The minimum atomic E-state index is -0.457. The van der Waals surface area contributed by atoms with Crippen molar-refractivity contribution in [3.05, 3.63) is 35.7 Å². The van der Waals surface area contributed by atoms with Crippen LogP contribution in [0, 0.1) is 11.3 Å². The fourth-order valence-corrected chi connectivity index (χ4v) is 2.06. The number of hydrogen-bond acceptors (Lipinski definition) is 4. The van der Waals surface area contributed by atoms with Crippen molar-refractivity contribution in [3.63, 3.8) is 0 Å². The Morgan fingerprint density at radius 3 is 2.94 bits per heavy atom. The van der Waals surface area contributed by atoms with Gasteiger partial charge in [0.05, 0.1) is 24.1 Å². The van der Waals surface area contributed by atoms with Crippen molar-refractivity contribution in [2.75, 3.05) is 7.11 Å². The number of hydrogen-bond donors (Lipinski definition) is 0. The molecule has 5 nitrogen and oxygen atoms in total. The summed E-state index contributed by atoms with van der Waals surface area (Å²) in [6, 6.07) is 7.80. The van der Waals surface area contributed by atoms with E-state index in [1.165, 1.54) is 7.11 Å². The highest BCUT2D eigenvalue weighted by Crippen LogP contribution is 2.47. The summed E-state index contributed by atoms with van der Waals surface area (Å²) in [6.45, 7) is 0. The molecule has 1 aliphatic carbocycles. The van der Waals surface area contributed by atoms with E-state index in [1.807, 2.05) is 18.3 Å². The second kappa shape index (κ2) is 3.57. The number of aromatic nitrogens is 2. The number of fused-ring (bicyclic) bond motifs is 1. The average molecular weight is 241 g/mol. The summed E-state index contributed by atoms with van der Waals surface area (Å²) in [7, 11) is 1.33. The highest BCUT2D eigenvalue weighted by molar-refractivity contribution is 5.88. The van der Waals surface area contributed by atoms with Gasteiger partial charge in [-0.15, -0.1) is 0 Å². The third-order valence-electron chi connectivity index (χ3n) is 3.37. The molecule has 18 heavy (non-hydrogen) atoms. The maximum absolute atomic E-state index is 11.4. The Hall–Kier alpha value is -2.35. The summed E-state index contributed by atoms with van der Waals surface area (Å²) >= 11 is 0. The number of methoxy groups -OCH3 is 1. The van der Waals surface area contributed by atoms with Crippen molar-refractivity contribution in [1.29, 1.82) is 5.26 Å². The molecule has 2 aromatic heterocycles. The number of ether oxygens (including phenoxy) is 1. The Kier molecular flexibility index (Phi) is 2.14. The number of rotatable bonds is 2. The number of carbonyl (C=O) groups excluding carboxylic acids is 1. The zero-order chi connectivity index (χ0) is 12.8. The third-order valence-corrected chi connectivity index (χ3v) is 3.37. The van der Waals surface area contributed by atoms with E-state index in [4.69, 9.17) is 5.26 Å². The first-order chi connectivity index (χ1) is 8.68. The molecule has 90 valence electrons. The summed E-state index contributed by atoms with van der Waals surface area (Å²) < 4.78 is 6.25. The predicted octanol–water partition coefficient (Wildman–Crippen LogP) is 1.68. The first-order valence-corrected chi connectivity index (χ1v) is 5.68. The standard InChI is InChI=1S/C13H11N3O2/c1-18-12(17)11-6-10-3-2-9(7-16(10)15-11)13(8-14)4-5-13/h2-3,6-7H,4-5H2,1H3. The van der Waals surface area contributed by atoms with Crippen LogP contribution in [0.15, 0.2) is 24.4 Å². The molecule has 5 heteroatoms. The summed E-state index contributed by atoms with van der Waals surface area (Å²) in [5.74, 6) is -0.457. The largest absolute Gasteiger partial charge is 0.464 e. The molecule has 2 aromatic rings. The van der Waals surface area contributed by atoms with E-state index in [2.05, 4.69) is 15.9 Å². The highest BCUT2D eigenvalue weighted by Gasteiger charge is 2.45. The fourth-order valence-electron chi connectivity index (χ4n) is 2.06. The number of pyridine rings is 1. The lowest BCUT2D eigenvalue weighted by Gasteiger charge is -2.05. The van der Waals surface area contributed by atoms with Crippen LogP contribution in [-0.4, -0.2) is 22.7 Å². The number of carbonyl (C=O) groups is 1. The lowest BCUT2D eigenvalue weighted by atomic mass is 10.00. The molecular weight excluding hydrogens is 230 g/mol.